The maximum atomic E-state index is 14.1. The number of aliphatic carboxylic acids is 1. The highest BCUT2D eigenvalue weighted by molar-refractivity contribution is 5.95. The van der Waals surface area contributed by atoms with Crippen LogP contribution in [0.5, 0.6) is 5.75 Å². The van der Waals surface area contributed by atoms with Crippen LogP contribution in [0.25, 0.3) is 10.8 Å². The summed E-state index contributed by atoms with van der Waals surface area (Å²) in [4.78, 5) is 95.5. The molecule has 3 aromatic carbocycles. The number of aromatic hydroxyl groups is 1. The highest BCUT2D eigenvalue weighted by Gasteiger charge is 2.38. The van der Waals surface area contributed by atoms with Crippen molar-refractivity contribution in [1.29, 1.82) is 10.8 Å². The fourth-order valence-corrected chi connectivity index (χ4v) is 7.88. The zero-order chi connectivity index (χ0) is 50.6. The number of carboxylic acids is 1. The molecule has 6 atom stereocenters. The molecule has 6 amide bonds. The van der Waals surface area contributed by atoms with Gasteiger partial charge in [-0.1, -0.05) is 68.4 Å². The average Bonchev–Trinajstić information content (AvgIpc) is 3.81. The Balaban J connectivity index is 1.42. The van der Waals surface area contributed by atoms with Crippen molar-refractivity contribution < 1.29 is 43.8 Å². The van der Waals surface area contributed by atoms with Crippen LogP contribution in [0, 0.1) is 16.7 Å². The van der Waals surface area contributed by atoms with Crippen molar-refractivity contribution in [3.8, 4) is 5.75 Å². The number of hydrogen-bond acceptors (Lipinski definition) is 11. The summed E-state index contributed by atoms with van der Waals surface area (Å²) in [5.41, 5.74) is 18.4. The van der Waals surface area contributed by atoms with E-state index in [9.17, 15) is 43.8 Å². The first kappa shape index (κ1) is 54.1. The predicted molar refractivity (Wildman–Crippen MR) is 258 cm³/mol. The number of benzene rings is 3. The Hall–Kier alpha value is -7.49. The first-order valence-corrected chi connectivity index (χ1v) is 23.0. The van der Waals surface area contributed by atoms with E-state index in [-0.39, 0.29) is 88.8 Å². The Morgan fingerprint density at radius 2 is 1.28 bits per heavy atom. The zero-order valence-corrected chi connectivity index (χ0v) is 39.0. The van der Waals surface area contributed by atoms with E-state index in [4.69, 9.17) is 28.0 Å². The number of hydrogen-bond donors (Lipinski definition) is 14. The molecule has 1 saturated heterocycles. The van der Waals surface area contributed by atoms with Gasteiger partial charge >= 0.3 is 5.97 Å². The maximum absolute atomic E-state index is 14.1. The summed E-state index contributed by atoms with van der Waals surface area (Å²) in [7, 11) is 0. The molecule has 374 valence electrons. The van der Waals surface area contributed by atoms with E-state index in [0.717, 1.165) is 10.8 Å². The Labute approximate surface area is 400 Å². The summed E-state index contributed by atoms with van der Waals surface area (Å²) in [5.74, 6) is -5.97. The number of carboxylic acid groups (broad SMARTS) is 1. The van der Waals surface area contributed by atoms with Crippen molar-refractivity contribution in [1.82, 2.24) is 42.1 Å². The molecule has 69 heavy (non-hydrogen) atoms. The summed E-state index contributed by atoms with van der Waals surface area (Å²) in [6.45, 7) is 3.79. The number of nitrogens with zero attached hydrogens (tertiary/aromatic N) is 1. The monoisotopic (exact) mass is 958 g/mol. The fraction of sp³-hybridized carbons (Fsp3) is 0.468. The summed E-state index contributed by atoms with van der Waals surface area (Å²) in [6.07, 6.45) is 1.29. The molecule has 22 nitrogen and oxygen atoms in total. The van der Waals surface area contributed by atoms with Gasteiger partial charge in [0.2, 0.25) is 35.4 Å². The first-order valence-electron chi connectivity index (χ1n) is 23.0. The molecule has 0 radical (unpaired) electrons. The molecule has 17 N–H and O–H groups in total. The second-order valence-corrected chi connectivity index (χ2v) is 17.4. The molecule has 0 saturated carbocycles. The lowest BCUT2D eigenvalue weighted by Crippen LogP contribution is -2.57. The van der Waals surface area contributed by atoms with Crippen LogP contribution in [0.15, 0.2) is 66.7 Å². The first-order chi connectivity index (χ1) is 32.8. The Kier molecular flexibility index (Phi) is 21.0. The van der Waals surface area contributed by atoms with Crippen molar-refractivity contribution in [3.63, 3.8) is 0 Å². The van der Waals surface area contributed by atoms with Crippen molar-refractivity contribution >= 4 is 64.1 Å². The van der Waals surface area contributed by atoms with Gasteiger partial charge in [-0.05, 0) is 84.9 Å². The molecule has 0 spiro atoms. The van der Waals surface area contributed by atoms with Gasteiger partial charge in [-0.3, -0.25) is 39.6 Å². The molecule has 1 aliphatic rings. The summed E-state index contributed by atoms with van der Waals surface area (Å²) in [6, 6.07) is 12.6. The number of likely N-dealkylation sites (tertiary alicyclic amines) is 1. The van der Waals surface area contributed by atoms with Gasteiger partial charge in [0.25, 0.3) is 0 Å². The number of amides is 6. The van der Waals surface area contributed by atoms with Crippen LogP contribution in [-0.2, 0) is 46.4 Å². The molecule has 1 heterocycles. The van der Waals surface area contributed by atoms with Crippen molar-refractivity contribution in [2.45, 2.75) is 108 Å². The molecule has 0 unspecified atom stereocenters. The number of phenolic OH excluding ortho intramolecular Hbond substituents is 1. The van der Waals surface area contributed by atoms with Crippen molar-refractivity contribution in [3.05, 3.63) is 77.9 Å². The Morgan fingerprint density at radius 1 is 0.696 bits per heavy atom. The van der Waals surface area contributed by atoms with Gasteiger partial charge in [-0.2, -0.15) is 0 Å². The number of fused-ring (bicyclic) bond motifs is 1. The van der Waals surface area contributed by atoms with Crippen molar-refractivity contribution in [2.75, 3.05) is 26.2 Å². The smallest absolute Gasteiger partial charge is 0.326 e. The summed E-state index contributed by atoms with van der Waals surface area (Å²) >= 11 is 0. The highest BCUT2D eigenvalue weighted by atomic mass is 16.4. The minimum absolute atomic E-state index is 0.0309. The third kappa shape index (κ3) is 17.6. The second kappa shape index (κ2) is 26.7. The van der Waals surface area contributed by atoms with Gasteiger partial charge in [0.15, 0.2) is 11.9 Å². The van der Waals surface area contributed by atoms with E-state index in [1.54, 1.807) is 26.0 Å². The molecule has 3 aromatic rings. The fourth-order valence-electron chi connectivity index (χ4n) is 7.88. The number of phenols is 1. The topological polar surface area (TPSA) is 373 Å². The van der Waals surface area contributed by atoms with Gasteiger partial charge in [-0.15, -0.1) is 0 Å². The molecular formula is C47H67N13O9. The maximum Gasteiger partial charge on any atom is 0.326 e. The SMILES string of the molecule is CC(C)[C@@H](NC(=O)[C@H](CCCNC(=N)N)NC(=O)[C@@H](N)Cc1ccc(O)cc1)C(=O)NCCC(=O)N[C@@H](CCCNC(=N)N)C(=O)N[C@H](Cc1ccc2ccccc2c1)C(=O)N1CCC[C@H]1C(=O)O. The Morgan fingerprint density at radius 3 is 1.88 bits per heavy atom. The van der Waals surface area contributed by atoms with Gasteiger partial charge in [0.05, 0.1) is 6.04 Å². The molecule has 0 aromatic heterocycles. The van der Waals surface area contributed by atoms with Crippen LogP contribution in [0.4, 0.5) is 0 Å². The van der Waals surface area contributed by atoms with Crippen LogP contribution in [0.3, 0.4) is 0 Å². The third-order valence-corrected chi connectivity index (χ3v) is 11.6. The molecule has 1 aliphatic heterocycles. The minimum Gasteiger partial charge on any atom is -0.508 e. The Bertz CT molecular complexity index is 2290. The molecule has 0 aliphatic carbocycles. The number of rotatable bonds is 26. The quantitative estimate of drug-likeness (QED) is 0.0271. The standard InChI is InChI=1S/C47H67N13O9/c1-27(2)39(59-42(65)35(11-6-21-55-47(51)52)57-40(63)33(48)25-28-14-17-32(61)18-15-28)43(66)53-22-19-38(62)56-34(10-5-20-54-46(49)50)41(64)58-36(44(67)60-23-7-12-37(60)45(68)69)26-29-13-16-30-8-3-4-9-31(30)24-29/h3-4,8-9,13-18,24,27,33-37,39,61H,5-7,10-12,19-23,25-26,48H2,1-2H3,(H,53,66)(H,56,62)(H,57,63)(H,58,64)(H,59,65)(H,68,69)(H4,49,50,54)(H4,51,52,55)/t33-,34-,35-,36+,37-,39+/m0/s1. The van der Waals surface area contributed by atoms with E-state index in [1.165, 1.54) is 17.0 Å². The van der Waals surface area contributed by atoms with Crippen LogP contribution >= 0.6 is 0 Å². The molecular weight excluding hydrogens is 891 g/mol. The lowest BCUT2D eigenvalue weighted by molar-refractivity contribution is -0.149. The predicted octanol–water partition coefficient (Wildman–Crippen LogP) is -0.638. The van der Waals surface area contributed by atoms with E-state index in [1.807, 2.05) is 42.5 Å². The van der Waals surface area contributed by atoms with Crippen molar-refractivity contribution in [2.24, 2.45) is 23.1 Å². The molecule has 0 bridgehead atoms. The normalized spacial score (nSPS) is 15.4. The van der Waals surface area contributed by atoms with Gasteiger partial charge in [0.1, 0.15) is 36.0 Å². The largest absolute Gasteiger partial charge is 0.508 e. The highest BCUT2D eigenvalue weighted by Crippen LogP contribution is 2.22. The van der Waals surface area contributed by atoms with Crippen LogP contribution in [0.1, 0.15) is 69.9 Å². The number of nitrogens with one attached hydrogen (secondary N) is 9. The molecule has 1 fully saturated rings. The van der Waals surface area contributed by atoms with E-state index in [0.29, 0.717) is 24.0 Å². The van der Waals surface area contributed by atoms with Crippen LogP contribution in [-0.4, -0.2) is 131 Å². The second-order valence-electron chi connectivity index (χ2n) is 17.4. The number of guanidine groups is 2. The number of nitrogens with two attached hydrogens (primary N) is 3. The molecule has 22 heteroatoms. The van der Waals surface area contributed by atoms with Gasteiger partial charge < -0.3 is 69.5 Å². The lowest BCUT2D eigenvalue weighted by Gasteiger charge is -2.29. The van der Waals surface area contributed by atoms with Gasteiger partial charge in [-0.25, -0.2) is 4.79 Å². The summed E-state index contributed by atoms with van der Waals surface area (Å²) < 4.78 is 0. The van der Waals surface area contributed by atoms with Gasteiger partial charge in [0, 0.05) is 39.0 Å². The van der Waals surface area contributed by atoms with Crippen LogP contribution in [0.2, 0.25) is 0 Å². The third-order valence-electron chi connectivity index (χ3n) is 11.6. The van der Waals surface area contributed by atoms with E-state index >= 15 is 0 Å². The number of carbonyl (C=O) groups is 7. The minimum atomic E-state index is -1.20. The zero-order valence-electron chi connectivity index (χ0n) is 39.0. The van der Waals surface area contributed by atoms with E-state index < -0.39 is 83.6 Å². The van der Waals surface area contributed by atoms with Crippen LogP contribution < -0.4 is 54.4 Å². The lowest BCUT2D eigenvalue weighted by atomic mass is 10.00. The summed E-state index contributed by atoms with van der Waals surface area (Å²) in [5, 5.41) is 55.1. The average molecular weight is 958 g/mol. The molecule has 4 rings (SSSR count). The van der Waals surface area contributed by atoms with E-state index in [2.05, 4.69) is 37.2 Å². The number of carbonyl (C=O) groups excluding carboxylic acids is 6.